The van der Waals surface area contributed by atoms with Crippen molar-refractivity contribution in [2.75, 3.05) is 44.0 Å². The second-order valence-corrected chi connectivity index (χ2v) is 7.31. The predicted molar refractivity (Wildman–Crippen MR) is 113 cm³/mol. The fraction of sp³-hybridized carbons (Fsp3) is 0.400. The van der Waals surface area contributed by atoms with Crippen molar-refractivity contribution < 1.29 is 19.0 Å². The molecule has 31 heavy (non-hydrogen) atoms. The summed E-state index contributed by atoms with van der Waals surface area (Å²) in [6.07, 6.45) is 3.61. The number of fused-ring (bicyclic) bond motifs is 1. The summed E-state index contributed by atoms with van der Waals surface area (Å²) in [6.45, 7) is 1.95. The second kappa shape index (κ2) is 9.13. The number of methoxy groups -OCH3 is 1. The van der Waals surface area contributed by atoms with E-state index in [1.165, 1.54) is 17.2 Å². The summed E-state index contributed by atoms with van der Waals surface area (Å²) in [5.41, 5.74) is 1.13. The van der Waals surface area contributed by atoms with E-state index in [9.17, 15) is 14.3 Å². The van der Waals surface area contributed by atoms with Gasteiger partial charge in [0.2, 0.25) is 0 Å². The number of carboxylic acid groups (broad SMARTS) is 1. The highest BCUT2D eigenvalue weighted by Gasteiger charge is 2.24. The molecule has 11 heteroatoms. The number of halogens is 1. The Kier molecular flexibility index (Phi) is 6.12. The van der Waals surface area contributed by atoms with Gasteiger partial charge in [-0.3, -0.25) is 4.40 Å². The number of carbonyl (C=O) groups is 1. The van der Waals surface area contributed by atoms with Gasteiger partial charge in [-0.1, -0.05) is 0 Å². The molecule has 4 rings (SSSR count). The van der Waals surface area contributed by atoms with Gasteiger partial charge in [0.05, 0.1) is 12.8 Å². The minimum atomic E-state index is -0.926. The number of nitrogens with one attached hydrogen (secondary N) is 2. The first-order chi connectivity index (χ1) is 15.0. The average Bonchev–Trinajstić information content (AvgIpc) is 3.17. The Morgan fingerprint density at radius 3 is 3.00 bits per heavy atom. The number of imidazole rings is 1. The van der Waals surface area contributed by atoms with Crippen molar-refractivity contribution in [3.63, 3.8) is 0 Å². The Balaban J connectivity index is 1.65. The molecule has 1 aliphatic rings. The Hall–Kier alpha value is -3.47. The third kappa shape index (κ3) is 4.82. The zero-order chi connectivity index (χ0) is 21.8. The lowest BCUT2D eigenvalue weighted by molar-refractivity contribution is 0.133. The average molecular weight is 429 g/mol. The van der Waals surface area contributed by atoms with E-state index >= 15 is 0 Å². The maximum absolute atomic E-state index is 13.8. The molecule has 0 radical (unpaired) electrons. The van der Waals surface area contributed by atoms with Gasteiger partial charge >= 0.3 is 6.09 Å². The third-order valence-electron chi connectivity index (χ3n) is 5.08. The molecule has 1 amide bonds. The van der Waals surface area contributed by atoms with Crippen LogP contribution < -0.4 is 10.6 Å². The minimum absolute atomic E-state index is 0.0703. The van der Waals surface area contributed by atoms with Crippen molar-refractivity contribution in [2.45, 2.75) is 18.9 Å². The number of piperidine rings is 1. The summed E-state index contributed by atoms with van der Waals surface area (Å²) < 4.78 is 20.5. The summed E-state index contributed by atoms with van der Waals surface area (Å²) >= 11 is 0. The van der Waals surface area contributed by atoms with Crippen LogP contribution in [0.2, 0.25) is 0 Å². The lowest BCUT2D eigenvalue weighted by Crippen LogP contribution is -2.44. The molecule has 0 aromatic carbocycles. The van der Waals surface area contributed by atoms with Crippen LogP contribution in [0, 0.1) is 5.82 Å². The molecule has 1 unspecified atom stereocenters. The topological polar surface area (TPSA) is 117 Å². The molecule has 3 aromatic rings. The fourth-order valence-corrected chi connectivity index (χ4v) is 3.61. The Bertz CT molecular complexity index is 1070. The molecule has 10 nitrogen and oxygen atoms in total. The summed E-state index contributed by atoms with van der Waals surface area (Å²) in [6, 6.07) is 4.63. The largest absolute Gasteiger partial charge is 0.465 e. The van der Waals surface area contributed by atoms with E-state index in [0.717, 1.165) is 12.8 Å². The van der Waals surface area contributed by atoms with E-state index in [1.54, 1.807) is 29.8 Å². The van der Waals surface area contributed by atoms with Gasteiger partial charge in [0.25, 0.3) is 0 Å². The normalized spacial score (nSPS) is 16.5. The van der Waals surface area contributed by atoms with Gasteiger partial charge in [0.15, 0.2) is 5.82 Å². The zero-order valence-corrected chi connectivity index (χ0v) is 17.1. The number of anilines is 2. The molecule has 1 saturated heterocycles. The minimum Gasteiger partial charge on any atom is -0.465 e. The SMILES string of the molecule is COCCNc1cc(NC2CCCN(C(=O)O)C2)nc(-c2cnc3ccc(F)cn23)n1. The van der Waals surface area contributed by atoms with Crippen molar-refractivity contribution in [3.05, 3.63) is 36.4 Å². The number of pyridine rings is 1. The van der Waals surface area contributed by atoms with Gasteiger partial charge in [-0.2, -0.15) is 0 Å². The lowest BCUT2D eigenvalue weighted by atomic mass is 10.1. The molecule has 164 valence electrons. The van der Waals surface area contributed by atoms with E-state index in [-0.39, 0.29) is 6.04 Å². The molecular formula is C20H24FN7O3. The monoisotopic (exact) mass is 429 g/mol. The summed E-state index contributed by atoms with van der Waals surface area (Å²) in [5, 5.41) is 15.8. The molecule has 0 bridgehead atoms. The Morgan fingerprint density at radius 2 is 2.19 bits per heavy atom. The van der Waals surface area contributed by atoms with Crippen LogP contribution in [0.4, 0.5) is 20.8 Å². The van der Waals surface area contributed by atoms with Crippen LogP contribution >= 0.6 is 0 Å². The lowest BCUT2D eigenvalue weighted by Gasteiger charge is -2.31. The Labute approximate surface area is 178 Å². The van der Waals surface area contributed by atoms with Crippen molar-refractivity contribution in [2.24, 2.45) is 0 Å². The number of likely N-dealkylation sites (tertiary alicyclic amines) is 1. The van der Waals surface area contributed by atoms with E-state index < -0.39 is 11.9 Å². The van der Waals surface area contributed by atoms with E-state index in [1.807, 2.05) is 0 Å². The number of ether oxygens (including phenoxy) is 1. The van der Waals surface area contributed by atoms with E-state index in [0.29, 0.717) is 55.0 Å². The van der Waals surface area contributed by atoms with Crippen molar-refractivity contribution in [1.29, 1.82) is 0 Å². The highest BCUT2D eigenvalue weighted by atomic mass is 19.1. The van der Waals surface area contributed by atoms with Gasteiger partial charge in [-0.05, 0) is 25.0 Å². The molecule has 3 N–H and O–H groups in total. The van der Waals surface area contributed by atoms with Gasteiger partial charge in [-0.15, -0.1) is 0 Å². The number of aromatic nitrogens is 4. The van der Waals surface area contributed by atoms with Crippen LogP contribution in [0.15, 0.2) is 30.6 Å². The highest BCUT2D eigenvalue weighted by Crippen LogP contribution is 2.23. The van der Waals surface area contributed by atoms with Gasteiger partial charge in [-0.25, -0.2) is 24.1 Å². The summed E-state index contributed by atoms with van der Waals surface area (Å²) in [7, 11) is 1.62. The first-order valence-electron chi connectivity index (χ1n) is 10.0. The molecule has 0 saturated carbocycles. The van der Waals surface area contributed by atoms with Crippen molar-refractivity contribution in [1.82, 2.24) is 24.3 Å². The first-order valence-corrected chi connectivity index (χ1v) is 10.0. The maximum Gasteiger partial charge on any atom is 0.407 e. The second-order valence-electron chi connectivity index (χ2n) is 7.31. The van der Waals surface area contributed by atoms with E-state index in [2.05, 4.69) is 25.6 Å². The molecule has 0 spiro atoms. The first kappa shape index (κ1) is 20.8. The maximum atomic E-state index is 13.8. The fourth-order valence-electron chi connectivity index (χ4n) is 3.61. The van der Waals surface area contributed by atoms with Crippen LogP contribution in [0.3, 0.4) is 0 Å². The zero-order valence-electron chi connectivity index (χ0n) is 17.1. The molecule has 1 fully saturated rings. The van der Waals surface area contributed by atoms with Crippen LogP contribution in [0.25, 0.3) is 17.2 Å². The smallest absolute Gasteiger partial charge is 0.407 e. The molecule has 0 aliphatic carbocycles. The number of hydrogen-bond donors (Lipinski definition) is 3. The number of nitrogens with zero attached hydrogens (tertiary/aromatic N) is 5. The van der Waals surface area contributed by atoms with Crippen molar-refractivity contribution in [3.8, 4) is 11.5 Å². The van der Waals surface area contributed by atoms with Gasteiger partial charge in [0.1, 0.15) is 28.8 Å². The van der Waals surface area contributed by atoms with Crippen LogP contribution in [-0.2, 0) is 4.74 Å². The summed E-state index contributed by atoms with van der Waals surface area (Å²) in [4.78, 5) is 26.2. The van der Waals surface area contributed by atoms with Crippen LogP contribution in [0.5, 0.6) is 0 Å². The van der Waals surface area contributed by atoms with Crippen molar-refractivity contribution >= 4 is 23.4 Å². The molecule has 4 heterocycles. The summed E-state index contributed by atoms with van der Waals surface area (Å²) in [5.74, 6) is 1.10. The number of hydrogen-bond acceptors (Lipinski definition) is 7. The number of rotatable bonds is 7. The van der Waals surface area contributed by atoms with Crippen LogP contribution in [0.1, 0.15) is 12.8 Å². The highest BCUT2D eigenvalue weighted by molar-refractivity contribution is 5.65. The molecular weight excluding hydrogens is 405 g/mol. The van der Waals surface area contributed by atoms with Gasteiger partial charge in [0, 0.05) is 45.0 Å². The standard InChI is InChI=1S/C20H24FN7O3/c1-31-8-6-22-16-9-17(24-14-3-2-7-27(12-14)20(29)30)26-19(25-16)15-10-23-18-5-4-13(21)11-28(15)18/h4-5,9-11,14H,2-3,6-8,12H2,1H3,(H,29,30)(H2,22,24,25,26). The van der Waals surface area contributed by atoms with Crippen LogP contribution in [-0.4, -0.2) is 74.8 Å². The molecule has 1 aliphatic heterocycles. The Morgan fingerprint density at radius 1 is 1.35 bits per heavy atom. The number of amides is 1. The molecule has 3 aromatic heterocycles. The molecule has 1 atom stereocenters. The van der Waals surface area contributed by atoms with E-state index in [4.69, 9.17) is 4.74 Å². The quantitative estimate of drug-likeness (QED) is 0.491. The van der Waals surface area contributed by atoms with Gasteiger partial charge < -0.3 is 25.4 Å². The predicted octanol–water partition coefficient (Wildman–Crippen LogP) is 2.54. The third-order valence-corrected chi connectivity index (χ3v) is 5.08.